The second-order valence-electron chi connectivity index (χ2n) is 6.44. The molecule has 0 bridgehead atoms. The highest BCUT2D eigenvalue weighted by molar-refractivity contribution is 7.17. The molecule has 2 aromatic heterocycles. The zero-order valence-electron chi connectivity index (χ0n) is 15.7. The topological polar surface area (TPSA) is 66.9 Å². The third-order valence-electron chi connectivity index (χ3n) is 4.33. The maximum Gasteiger partial charge on any atom is 0.261 e. The first-order valence-corrected chi connectivity index (χ1v) is 10.1. The number of aromatic nitrogens is 2. The lowest BCUT2D eigenvalue weighted by Gasteiger charge is -2.06. The van der Waals surface area contributed by atoms with Gasteiger partial charge in [-0.3, -0.25) is 4.79 Å². The maximum atomic E-state index is 12.4. The summed E-state index contributed by atoms with van der Waals surface area (Å²) in [5, 5.41) is 6.20. The van der Waals surface area contributed by atoms with Gasteiger partial charge in [0.1, 0.15) is 0 Å². The second kappa shape index (κ2) is 9.12. The Hall–Kier alpha value is -3.51. The summed E-state index contributed by atoms with van der Waals surface area (Å²) in [6.07, 6.45) is 1.73. The third kappa shape index (κ3) is 5.06. The summed E-state index contributed by atoms with van der Waals surface area (Å²) in [4.78, 5) is 22.9. The van der Waals surface area contributed by atoms with Crippen LogP contribution in [0.25, 0.3) is 10.6 Å². The van der Waals surface area contributed by atoms with Gasteiger partial charge in [0.2, 0.25) is 5.95 Å². The minimum absolute atomic E-state index is 0.0819. The normalized spacial score (nSPS) is 10.5. The molecule has 0 fully saturated rings. The van der Waals surface area contributed by atoms with Gasteiger partial charge in [-0.2, -0.15) is 0 Å². The lowest BCUT2D eigenvalue weighted by Crippen LogP contribution is -2.21. The Morgan fingerprint density at radius 1 is 0.828 bits per heavy atom. The number of nitrogens with one attached hydrogen (secondary N) is 2. The van der Waals surface area contributed by atoms with E-state index in [0.717, 1.165) is 21.7 Å². The Bertz CT molecular complexity index is 1080. The third-order valence-corrected chi connectivity index (χ3v) is 5.43. The Kier molecular flexibility index (Phi) is 5.92. The largest absolute Gasteiger partial charge is 0.350 e. The number of hydrogen-bond acceptors (Lipinski definition) is 5. The van der Waals surface area contributed by atoms with E-state index in [1.54, 1.807) is 6.20 Å². The molecular weight excluding hydrogens is 380 g/mol. The van der Waals surface area contributed by atoms with E-state index in [1.165, 1.54) is 11.3 Å². The molecule has 0 saturated carbocycles. The van der Waals surface area contributed by atoms with Gasteiger partial charge in [-0.15, -0.1) is 11.3 Å². The fraction of sp³-hybridized carbons (Fsp3) is 0.0870. The van der Waals surface area contributed by atoms with Crippen LogP contribution < -0.4 is 10.6 Å². The van der Waals surface area contributed by atoms with Crippen LogP contribution in [0.5, 0.6) is 0 Å². The van der Waals surface area contributed by atoms with Crippen molar-refractivity contribution in [3.63, 3.8) is 0 Å². The average Bonchev–Trinajstić information content (AvgIpc) is 3.28. The summed E-state index contributed by atoms with van der Waals surface area (Å²) in [5.74, 6) is 0.483. The Morgan fingerprint density at radius 3 is 2.24 bits per heavy atom. The molecule has 0 saturated heterocycles. The smallest absolute Gasteiger partial charge is 0.261 e. The number of amides is 1. The van der Waals surface area contributed by atoms with Crippen LogP contribution in [0.2, 0.25) is 0 Å². The first kappa shape index (κ1) is 18.8. The van der Waals surface area contributed by atoms with Crippen LogP contribution >= 0.6 is 11.3 Å². The van der Waals surface area contributed by atoms with Crippen molar-refractivity contribution in [2.24, 2.45) is 0 Å². The van der Waals surface area contributed by atoms with Crippen LogP contribution in [0.1, 0.15) is 20.8 Å². The second-order valence-corrected chi connectivity index (χ2v) is 7.52. The fourth-order valence-electron chi connectivity index (χ4n) is 2.82. The van der Waals surface area contributed by atoms with Crippen molar-refractivity contribution in [1.82, 2.24) is 15.3 Å². The zero-order chi connectivity index (χ0) is 19.9. The molecule has 0 aliphatic rings. The molecule has 0 aliphatic carbocycles. The number of hydrogen-bond donors (Lipinski definition) is 2. The predicted molar refractivity (Wildman–Crippen MR) is 117 cm³/mol. The van der Waals surface area contributed by atoms with Crippen molar-refractivity contribution in [2.45, 2.75) is 13.1 Å². The molecule has 0 atom stereocenters. The van der Waals surface area contributed by atoms with Crippen LogP contribution in [-0.2, 0) is 13.1 Å². The Morgan fingerprint density at radius 2 is 1.52 bits per heavy atom. The van der Waals surface area contributed by atoms with Crippen molar-refractivity contribution in [1.29, 1.82) is 0 Å². The molecule has 29 heavy (non-hydrogen) atoms. The van der Waals surface area contributed by atoms with Crippen LogP contribution in [0, 0.1) is 0 Å². The molecular formula is C23H20N4OS. The first-order chi connectivity index (χ1) is 14.3. The average molecular weight is 401 g/mol. The molecule has 2 N–H and O–H groups in total. The number of rotatable bonds is 7. The number of nitrogens with zero attached hydrogens (tertiary/aromatic N) is 2. The van der Waals surface area contributed by atoms with Gasteiger partial charge < -0.3 is 10.6 Å². The molecule has 2 aromatic carbocycles. The Balaban J connectivity index is 1.40. The van der Waals surface area contributed by atoms with E-state index >= 15 is 0 Å². The number of anilines is 1. The number of thiophene rings is 1. The van der Waals surface area contributed by atoms with Crippen LogP contribution in [0.4, 0.5) is 5.95 Å². The molecule has 0 spiro atoms. The van der Waals surface area contributed by atoms with Gasteiger partial charge in [-0.25, -0.2) is 9.97 Å². The Labute approximate surface area is 173 Å². The van der Waals surface area contributed by atoms with E-state index in [0.29, 0.717) is 23.9 Å². The molecule has 144 valence electrons. The lowest BCUT2D eigenvalue weighted by atomic mass is 10.2. The maximum absolute atomic E-state index is 12.4. The van der Waals surface area contributed by atoms with E-state index in [1.807, 2.05) is 66.7 Å². The molecule has 0 aliphatic heterocycles. The van der Waals surface area contributed by atoms with Gasteiger partial charge in [0.25, 0.3) is 5.91 Å². The minimum atomic E-state index is -0.0819. The van der Waals surface area contributed by atoms with Crippen molar-refractivity contribution < 1.29 is 4.79 Å². The van der Waals surface area contributed by atoms with E-state index in [9.17, 15) is 4.79 Å². The lowest BCUT2D eigenvalue weighted by molar-refractivity contribution is 0.0955. The summed E-state index contributed by atoms with van der Waals surface area (Å²) in [6, 6.07) is 25.6. The molecule has 0 unspecified atom stereocenters. The quantitative estimate of drug-likeness (QED) is 0.470. The van der Waals surface area contributed by atoms with Crippen LogP contribution in [0.3, 0.4) is 0 Å². The zero-order valence-corrected chi connectivity index (χ0v) is 16.5. The summed E-state index contributed by atoms with van der Waals surface area (Å²) in [6.45, 7) is 1.16. The van der Waals surface area contributed by atoms with Crippen LogP contribution in [0.15, 0.2) is 85.1 Å². The molecule has 6 heteroatoms. The number of carbonyl (C=O) groups excluding carboxylic acids is 1. The molecule has 0 radical (unpaired) electrons. The van der Waals surface area contributed by atoms with Crippen LogP contribution in [-0.4, -0.2) is 15.9 Å². The van der Waals surface area contributed by atoms with Gasteiger partial charge >= 0.3 is 0 Å². The molecule has 4 aromatic rings. The minimum Gasteiger partial charge on any atom is -0.350 e. The van der Waals surface area contributed by atoms with E-state index in [4.69, 9.17) is 0 Å². The van der Waals surface area contributed by atoms with Crippen molar-refractivity contribution >= 4 is 23.2 Å². The summed E-state index contributed by atoms with van der Waals surface area (Å²) in [7, 11) is 0. The first-order valence-electron chi connectivity index (χ1n) is 9.31. The summed E-state index contributed by atoms with van der Waals surface area (Å²) < 4.78 is 0. The van der Waals surface area contributed by atoms with Crippen molar-refractivity contribution in [3.8, 4) is 10.6 Å². The SMILES string of the molecule is O=C(NCc1ccccc1)c1ccc(-c2ccnc(NCc3ccccc3)n2)s1. The van der Waals surface area contributed by atoms with Gasteiger partial charge in [0.15, 0.2) is 0 Å². The fourth-order valence-corrected chi connectivity index (χ4v) is 3.71. The number of carbonyl (C=O) groups is 1. The van der Waals surface area contributed by atoms with Gasteiger partial charge in [0, 0.05) is 19.3 Å². The predicted octanol–water partition coefficient (Wildman–Crippen LogP) is 4.75. The molecule has 1 amide bonds. The summed E-state index contributed by atoms with van der Waals surface area (Å²) >= 11 is 1.42. The van der Waals surface area contributed by atoms with Gasteiger partial charge in [-0.1, -0.05) is 60.7 Å². The highest BCUT2D eigenvalue weighted by atomic mass is 32.1. The van der Waals surface area contributed by atoms with E-state index in [-0.39, 0.29) is 5.91 Å². The van der Waals surface area contributed by atoms with E-state index < -0.39 is 0 Å². The highest BCUT2D eigenvalue weighted by Crippen LogP contribution is 2.27. The molecule has 4 rings (SSSR count). The summed E-state index contributed by atoms with van der Waals surface area (Å²) in [5.41, 5.74) is 3.03. The van der Waals surface area contributed by atoms with Crippen molar-refractivity contribution in [2.75, 3.05) is 5.32 Å². The van der Waals surface area contributed by atoms with Gasteiger partial charge in [-0.05, 0) is 29.3 Å². The van der Waals surface area contributed by atoms with Gasteiger partial charge in [0.05, 0.1) is 15.4 Å². The standard InChI is InChI=1S/C23H20N4OS/c28-22(25-15-17-7-3-1-4-8-17)21-12-11-20(29-21)19-13-14-24-23(27-19)26-16-18-9-5-2-6-10-18/h1-14H,15-16H2,(H,25,28)(H,24,26,27). The molecule has 2 heterocycles. The molecule has 5 nitrogen and oxygen atoms in total. The van der Waals surface area contributed by atoms with E-state index in [2.05, 4.69) is 32.7 Å². The highest BCUT2D eigenvalue weighted by Gasteiger charge is 2.11. The van der Waals surface area contributed by atoms with Crippen molar-refractivity contribution in [3.05, 3.63) is 101 Å². The monoisotopic (exact) mass is 400 g/mol. The number of benzene rings is 2.